The number of anilines is 1. The van der Waals surface area contributed by atoms with Crippen LogP contribution in [0.4, 0.5) is 5.82 Å². The van der Waals surface area contributed by atoms with Crippen LogP contribution in [0.25, 0.3) is 0 Å². The number of carbonyl (C=O) groups excluding carboxylic acids is 1. The van der Waals surface area contributed by atoms with Crippen molar-refractivity contribution in [2.75, 3.05) is 24.5 Å². The molecule has 2 heterocycles. The second kappa shape index (κ2) is 6.36. The topological polar surface area (TPSA) is 36.4 Å². The number of pyridine rings is 1. The molecule has 5 heteroatoms. The highest BCUT2D eigenvalue weighted by Gasteiger charge is 2.24. The van der Waals surface area contributed by atoms with E-state index in [9.17, 15) is 4.79 Å². The van der Waals surface area contributed by atoms with Crippen molar-refractivity contribution >= 4 is 23.3 Å². The molecule has 0 saturated carbocycles. The van der Waals surface area contributed by atoms with Crippen molar-refractivity contribution in [3.05, 3.63) is 58.7 Å². The van der Waals surface area contributed by atoms with Gasteiger partial charge >= 0.3 is 0 Å². The maximum Gasteiger partial charge on any atom is 0.242 e. The number of nitrogens with zero attached hydrogens (tertiary/aromatic N) is 3. The van der Waals surface area contributed by atoms with Crippen molar-refractivity contribution in [2.24, 2.45) is 0 Å². The minimum Gasteiger partial charge on any atom is -0.346 e. The molecule has 114 valence electrons. The Labute approximate surface area is 135 Å². The van der Waals surface area contributed by atoms with E-state index in [0.29, 0.717) is 24.7 Å². The van der Waals surface area contributed by atoms with E-state index in [-0.39, 0.29) is 5.91 Å². The van der Waals surface area contributed by atoms with Gasteiger partial charge in [0, 0.05) is 30.4 Å². The molecule has 22 heavy (non-hydrogen) atoms. The van der Waals surface area contributed by atoms with Crippen LogP contribution in [0.1, 0.15) is 11.3 Å². The van der Waals surface area contributed by atoms with E-state index < -0.39 is 0 Å². The first-order chi connectivity index (χ1) is 10.6. The molecule has 1 fully saturated rings. The number of aryl methyl sites for hydroxylation is 1. The Morgan fingerprint density at radius 3 is 2.59 bits per heavy atom. The number of rotatable bonds is 3. The molecule has 1 aliphatic rings. The van der Waals surface area contributed by atoms with Crippen molar-refractivity contribution in [3.8, 4) is 0 Å². The van der Waals surface area contributed by atoms with Crippen LogP contribution in [-0.4, -0.2) is 35.4 Å². The molecule has 0 bridgehead atoms. The zero-order valence-corrected chi connectivity index (χ0v) is 13.3. The first kappa shape index (κ1) is 14.9. The first-order valence-electron chi connectivity index (χ1n) is 7.32. The number of benzene rings is 1. The van der Waals surface area contributed by atoms with Gasteiger partial charge in [0.05, 0.1) is 6.54 Å². The highest BCUT2D eigenvalue weighted by atomic mass is 35.5. The summed E-state index contributed by atoms with van der Waals surface area (Å²) in [6, 6.07) is 13.5. The SMILES string of the molecule is Cc1cccc(N2CCN(Cc3ccc(Cl)cc3)C(=O)C2)n1. The molecule has 1 aromatic carbocycles. The minimum absolute atomic E-state index is 0.129. The molecule has 0 atom stereocenters. The molecule has 3 rings (SSSR count). The average molecular weight is 316 g/mol. The van der Waals surface area contributed by atoms with Crippen molar-refractivity contribution in [2.45, 2.75) is 13.5 Å². The predicted octanol–water partition coefficient (Wildman–Crippen LogP) is 2.89. The summed E-state index contributed by atoms with van der Waals surface area (Å²) in [6.07, 6.45) is 0. The van der Waals surface area contributed by atoms with Gasteiger partial charge < -0.3 is 9.80 Å². The van der Waals surface area contributed by atoms with E-state index in [0.717, 1.165) is 23.6 Å². The Balaban J connectivity index is 1.65. The van der Waals surface area contributed by atoms with Crippen LogP contribution >= 0.6 is 11.6 Å². The van der Waals surface area contributed by atoms with Crippen LogP contribution in [0.2, 0.25) is 5.02 Å². The summed E-state index contributed by atoms with van der Waals surface area (Å²) in [5, 5.41) is 0.713. The van der Waals surface area contributed by atoms with E-state index in [2.05, 4.69) is 4.98 Å². The summed E-state index contributed by atoms with van der Waals surface area (Å²) < 4.78 is 0. The van der Waals surface area contributed by atoms with Gasteiger partial charge in [-0.05, 0) is 36.8 Å². The van der Waals surface area contributed by atoms with Crippen molar-refractivity contribution < 1.29 is 4.79 Å². The molecule has 1 aromatic heterocycles. The number of halogens is 1. The van der Waals surface area contributed by atoms with Crippen LogP contribution < -0.4 is 4.90 Å². The number of piperazine rings is 1. The van der Waals surface area contributed by atoms with Crippen LogP contribution in [0, 0.1) is 6.92 Å². The van der Waals surface area contributed by atoms with Gasteiger partial charge in [-0.25, -0.2) is 4.98 Å². The summed E-state index contributed by atoms with van der Waals surface area (Å²) in [4.78, 5) is 20.8. The van der Waals surface area contributed by atoms with Gasteiger partial charge in [-0.1, -0.05) is 29.8 Å². The smallest absolute Gasteiger partial charge is 0.242 e. The van der Waals surface area contributed by atoms with Gasteiger partial charge in [-0.2, -0.15) is 0 Å². The van der Waals surface area contributed by atoms with Crippen LogP contribution in [0.3, 0.4) is 0 Å². The summed E-state index contributed by atoms with van der Waals surface area (Å²) in [6.45, 7) is 4.48. The molecule has 2 aromatic rings. The van der Waals surface area contributed by atoms with E-state index in [4.69, 9.17) is 11.6 Å². The third-order valence-electron chi connectivity index (χ3n) is 3.80. The largest absolute Gasteiger partial charge is 0.346 e. The quantitative estimate of drug-likeness (QED) is 0.874. The maximum atomic E-state index is 12.4. The summed E-state index contributed by atoms with van der Waals surface area (Å²) >= 11 is 5.89. The van der Waals surface area contributed by atoms with Crippen LogP contribution in [0.5, 0.6) is 0 Å². The standard InChI is InChI=1S/C17H18ClN3O/c1-13-3-2-4-16(19-13)20-9-10-21(17(22)12-20)11-14-5-7-15(18)8-6-14/h2-8H,9-12H2,1H3. The van der Waals surface area contributed by atoms with E-state index in [1.54, 1.807) is 0 Å². The molecule has 0 aliphatic carbocycles. The first-order valence-corrected chi connectivity index (χ1v) is 7.70. The second-order valence-corrected chi connectivity index (χ2v) is 5.94. The number of aromatic nitrogens is 1. The molecule has 0 N–H and O–H groups in total. The molecule has 0 radical (unpaired) electrons. The highest BCUT2D eigenvalue weighted by Crippen LogP contribution is 2.17. The Bertz CT molecular complexity index is 672. The van der Waals surface area contributed by atoms with Crippen LogP contribution in [-0.2, 0) is 11.3 Å². The monoisotopic (exact) mass is 315 g/mol. The van der Waals surface area contributed by atoms with Gasteiger partial charge in [0.2, 0.25) is 5.91 Å². The lowest BCUT2D eigenvalue weighted by Gasteiger charge is -2.35. The summed E-state index contributed by atoms with van der Waals surface area (Å²) in [7, 11) is 0. The molecule has 0 unspecified atom stereocenters. The third-order valence-corrected chi connectivity index (χ3v) is 4.05. The number of carbonyl (C=O) groups is 1. The van der Waals surface area contributed by atoms with Crippen molar-refractivity contribution in [3.63, 3.8) is 0 Å². The summed E-state index contributed by atoms with van der Waals surface area (Å²) in [5.41, 5.74) is 2.06. The van der Waals surface area contributed by atoms with Gasteiger partial charge in [0.15, 0.2) is 0 Å². The minimum atomic E-state index is 0.129. The third kappa shape index (κ3) is 3.39. The van der Waals surface area contributed by atoms with E-state index >= 15 is 0 Å². The zero-order chi connectivity index (χ0) is 15.5. The van der Waals surface area contributed by atoms with Gasteiger partial charge in [0.25, 0.3) is 0 Å². The van der Waals surface area contributed by atoms with Gasteiger partial charge in [-0.3, -0.25) is 4.79 Å². The predicted molar refractivity (Wildman–Crippen MR) is 88.1 cm³/mol. The molecule has 1 amide bonds. The molecule has 1 saturated heterocycles. The lowest BCUT2D eigenvalue weighted by molar-refractivity contribution is -0.131. The van der Waals surface area contributed by atoms with Crippen molar-refractivity contribution in [1.29, 1.82) is 0 Å². The van der Waals surface area contributed by atoms with Crippen molar-refractivity contribution in [1.82, 2.24) is 9.88 Å². The molecule has 0 spiro atoms. The molecular formula is C17H18ClN3O. The molecular weight excluding hydrogens is 298 g/mol. The fourth-order valence-electron chi connectivity index (χ4n) is 2.59. The molecule has 1 aliphatic heterocycles. The zero-order valence-electron chi connectivity index (χ0n) is 12.5. The maximum absolute atomic E-state index is 12.4. The fourth-order valence-corrected chi connectivity index (χ4v) is 2.71. The lowest BCUT2D eigenvalue weighted by atomic mass is 10.2. The Kier molecular flexibility index (Phi) is 4.29. The number of hydrogen-bond acceptors (Lipinski definition) is 3. The van der Waals surface area contributed by atoms with E-state index in [1.165, 1.54) is 0 Å². The second-order valence-electron chi connectivity index (χ2n) is 5.50. The Hall–Kier alpha value is -2.07. The molecule has 4 nitrogen and oxygen atoms in total. The normalized spacial score (nSPS) is 15.3. The Morgan fingerprint density at radius 1 is 1.14 bits per heavy atom. The lowest BCUT2D eigenvalue weighted by Crippen LogP contribution is -2.50. The number of hydrogen-bond donors (Lipinski definition) is 0. The highest BCUT2D eigenvalue weighted by molar-refractivity contribution is 6.30. The fraction of sp³-hybridized carbons (Fsp3) is 0.294. The van der Waals surface area contributed by atoms with E-state index in [1.807, 2.05) is 59.2 Å². The Morgan fingerprint density at radius 2 is 1.91 bits per heavy atom. The van der Waals surface area contributed by atoms with Gasteiger partial charge in [0.1, 0.15) is 5.82 Å². The van der Waals surface area contributed by atoms with Gasteiger partial charge in [-0.15, -0.1) is 0 Å². The summed E-state index contributed by atoms with van der Waals surface area (Å²) in [5.74, 6) is 1.00. The van der Waals surface area contributed by atoms with Crippen LogP contribution in [0.15, 0.2) is 42.5 Å². The average Bonchev–Trinajstić information content (AvgIpc) is 2.51. The number of amides is 1.